The third-order valence-corrected chi connectivity index (χ3v) is 5.71. The first-order chi connectivity index (χ1) is 12.6. The van der Waals surface area contributed by atoms with Gasteiger partial charge in [0.05, 0.1) is 12.3 Å². The summed E-state index contributed by atoms with van der Waals surface area (Å²) in [4.78, 5) is 29.4. The lowest BCUT2D eigenvalue weighted by Gasteiger charge is -2.34. The zero-order valence-corrected chi connectivity index (χ0v) is 16.2. The molecule has 7 heteroatoms. The average molecular weight is 375 g/mol. The van der Waals surface area contributed by atoms with E-state index in [1.54, 1.807) is 11.8 Å². The fraction of sp³-hybridized carbons (Fsp3) is 0.474. The number of amides is 2. The molecule has 2 aromatic rings. The first kappa shape index (κ1) is 18.8. The summed E-state index contributed by atoms with van der Waals surface area (Å²) < 4.78 is 2.10. The van der Waals surface area contributed by atoms with Gasteiger partial charge in [-0.3, -0.25) is 14.5 Å². The molecule has 0 spiro atoms. The van der Waals surface area contributed by atoms with E-state index in [0.717, 1.165) is 18.0 Å². The van der Waals surface area contributed by atoms with Crippen LogP contribution in [0, 0.1) is 0 Å². The van der Waals surface area contributed by atoms with Gasteiger partial charge in [-0.2, -0.15) is 0 Å². The van der Waals surface area contributed by atoms with Gasteiger partial charge in [-0.1, -0.05) is 18.2 Å². The second-order valence-corrected chi connectivity index (χ2v) is 7.54. The predicted molar refractivity (Wildman–Crippen MR) is 105 cm³/mol. The molecule has 1 N–H and O–H groups in total. The van der Waals surface area contributed by atoms with E-state index in [9.17, 15) is 9.59 Å². The van der Waals surface area contributed by atoms with Crippen molar-refractivity contribution in [1.82, 2.24) is 19.7 Å². The summed E-state index contributed by atoms with van der Waals surface area (Å²) in [5, 5.41) is 4.01. The lowest BCUT2D eigenvalue weighted by Crippen LogP contribution is -2.51. The van der Waals surface area contributed by atoms with Crippen LogP contribution in [-0.2, 0) is 16.6 Å². The van der Waals surface area contributed by atoms with Crippen molar-refractivity contribution in [3.63, 3.8) is 0 Å². The van der Waals surface area contributed by atoms with E-state index >= 15 is 0 Å². The summed E-state index contributed by atoms with van der Waals surface area (Å²) in [6, 6.07) is 8.25. The molecule has 0 atom stereocenters. The van der Waals surface area contributed by atoms with E-state index in [0.29, 0.717) is 31.9 Å². The topological polar surface area (TPSA) is 57.6 Å². The van der Waals surface area contributed by atoms with Crippen molar-refractivity contribution in [2.24, 2.45) is 7.05 Å². The molecule has 6 nitrogen and oxygen atoms in total. The number of thioether (sulfide) groups is 1. The third kappa shape index (κ3) is 4.40. The SMILES string of the molecule is CCNC(=O)CN1CCN(C(=O)CSc2cn(C)c3ccccc23)CC1. The molecule has 1 aromatic carbocycles. The number of para-hydroxylation sites is 1. The summed E-state index contributed by atoms with van der Waals surface area (Å²) in [7, 11) is 2.03. The van der Waals surface area contributed by atoms with Gasteiger partial charge in [-0.25, -0.2) is 0 Å². The number of nitrogens with zero attached hydrogens (tertiary/aromatic N) is 3. The highest BCUT2D eigenvalue weighted by molar-refractivity contribution is 8.00. The fourth-order valence-electron chi connectivity index (χ4n) is 3.26. The minimum absolute atomic E-state index is 0.0544. The smallest absolute Gasteiger partial charge is 0.234 e. The Balaban J connectivity index is 1.49. The Hall–Kier alpha value is -1.99. The first-order valence-electron chi connectivity index (χ1n) is 9.02. The molecule has 2 amide bonds. The first-order valence-corrected chi connectivity index (χ1v) is 10.0. The van der Waals surface area contributed by atoms with Crippen LogP contribution in [0.4, 0.5) is 0 Å². The normalized spacial score (nSPS) is 15.4. The van der Waals surface area contributed by atoms with Gasteiger partial charge in [0.1, 0.15) is 0 Å². The Bertz CT molecular complexity index is 781. The summed E-state index contributed by atoms with van der Waals surface area (Å²) in [5.41, 5.74) is 1.18. The Labute approximate surface area is 158 Å². The number of fused-ring (bicyclic) bond motifs is 1. The number of rotatable bonds is 6. The van der Waals surface area contributed by atoms with Crippen LogP contribution in [0.25, 0.3) is 10.9 Å². The van der Waals surface area contributed by atoms with E-state index in [1.165, 1.54) is 10.9 Å². The molecule has 0 saturated carbocycles. The zero-order chi connectivity index (χ0) is 18.5. The van der Waals surface area contributed by atoms with Gasteiger partial charge < -0.3 is 14.8 Å². The summed E-state index contributed by atoms with van der Waals surface area (Å²) >= 11 is 1.60. The highest BCUT2D eigenvalue weighted by Crippen LogP contribution is 2.29. The van der Waals surface area contributed by atoms with Crippen molar-refractivity contribution in [2.75, 3.05) is 45.0 Å². The molecule has 1 saturated heterocycles. The highest BCUT2D eigenvalue weighted by Gasteiger charge is 2.22. The lowest BCUT2D eigenvalue weighted by atomic mass is 10.2. The van der Waals surface area contributed by atoms with Crippen LogP contribution in [0.3, 0.4) is 0 Å². The van der Waals surface area contributed by atoms with E-state index in [2.05, 4.69) is 33.1 Å². The minimum atomic E-state index is 0.0544. The summed E-state index contributed by atoms with van der Waals surface area (Å²) in [5.74, 6) is 0.670. The molecule has 26 heavy (non-hydrogen) atoms. The van der Waals surface area contributed by atoms with Crippen molar-refractivity contribution in [3.05, 3.63) is 30.5 Å². The van der Waals surface area contributed by atoms with Gasteiger partial charge in [0, 0.05) is 61.8 Å². The summed E-state index contributed by atoms with van der Waals surface area (Å²) in [6.07, 6.45) is 2.09. The van der Waals surface area contributed by atoms with E-state index in [4.69, 9.17) is 0 Å². The van der Waals surface area contributed by atoms with E-state index < -0.39 is 0 Å². The molecule has 1 fully saturated rings. The molecule has 0 aliphatic carbocycles. The molecule has 3 rings (SSSR count). The van der Waals surface area contributed by atoms with Gasteiger partial charge in [0.15, 0.2) is 0 Å². The lowest BCUT2D eigenvalue weighted by molar-refractivity contribution is -0.130. The van der Waals surface area contributed by atoms with Crippen molar-refractivity contribution < 1.29 is 9.59 Å². The van der Waals surface area contributed by atoms with Gasteiger partial charge in [-0.15, -0.1) is 11.8 Å². The Morgan fingerprint density at radius 3 is 2.62 bits per heavy atom. The van der Waals surface area contributed by atoms with Crippen molar-refractivity contribution >= 4 is 34.5 Å². The largest absolute Gasteiger partial charge is 0.355 e. The molecule has 0 bridgehead atoms. The maximum Gasteiger partial charge on any atom is 0.234 e. The molecule has 1 aliphatic rings. The highest BCUT2D eigenvalue weighted by atomic mass is 32.2. The maximum atomic E-state index is 12.5. The number of carbonyl (C=O) groups is 2. The Morgan fingerprint density at radius 1 is 1.15 bits per heavy atom. The van der Waals surface area contributed by atoms with Crippen LogP contribution < -0.4 is 5.32 Å². The van der Waals surface area contributed by atoms with Crippen LogP contribution in [0.2, 0.25) is 0 Å². The number of carbonyl (C=O) groups excluding carboxylic acids is 2. The molecular formula is C19H26N4O2S. The number of piperazine rings is 1. The molecule has 140 valence electrons. The number of aromatic nitrogens is 1. The van der Waals surface area contributed by atoms with Crippen molar-refractivity contribution in [2.45, 2.75) is 11.8 Å². The van der Waals surface area contributed by atoms with Crippen LogP contribution in [0.5, 0.6) is 0 Å². The second-order valence-electron chi connectivity index (χ2n) is 6.52. The van der Waals surface area contributed by atoms with Gasteiger partial charge in [0.2, 0.25) is 11.8 Å². The predicted octanol–water partition coefficient (Wildman–Crippen LogP) is 1.55. The number of benzene rings is 1. The van der Waals surface area contributed by atoms with Crippen molar-refractivity contribution in [1.29, 1.82) is 0 Å². The number of hydrogen-bond acceptors (Lipinski definition) is 4. The Kier molecular flexibility index (Phi) is 6.21. The summed E-state index contributed by atoms with van der Waals surface area (Å²) in [6.45, 7) is 5.87. The second kappa shape index (κ2) is 8.60. The number of likely N-dealkylation sites (N-methyl/N-ethyl adjacent to an activating group) is 1. The quantitative estimate of drug-likeness (QED) is 0.780. The minimum Gasteiger partial charge on any atom is -0.355 e. The van der Waals surface area contributed by atoms with Crippen LogP contribution >= 0.6 is 11.8 Å². The van der Waals surface area contributed by atoms with Crippen LogP contribution in [0.15, 0.2) is 35.4 Å². The Morgan fingerprint density at radius 2 is 1.88 bits per heavy atom. The van der Waals surface area contributed by atoms with Gasteiger partial charge in [0.25, 0.3) is 0 Å². The number of hydrogen-bond donors (Lipinski definition) is 1. The average Bonchev–Trinajstić information content (AvgIpc) is 2.97. The molecule has 2 heterocycles. The molecule has 1 aromatic heterocycles. The standard InChI is InChI=1S/C19H26N4O2S/c1-3-20-18(24)13-22-8-10-23(11-9-22)19(25)14-26-17-12-21(2)16-7-5-4-6-15(16)17/h4-7,12H,3,8-11,13-14H2,1-2H3,(H,20,24). The van der Waals surface area contributed by atoms with E-state index in [1.807, 2.05) is 31.0 Å². The monoisotopic (exact) mass is 374 g/mol. The molecule has 0 radical (unpaired) electrons. The fourth-order valence-corrected chi connectivity index (χ4v) is 4.28. The zero-order valence-electron chi connectivity index (χ0n) is 15.4. The van der Waals surface area contributed by atoms with E-state index in [-0.39, 0.29) is 11.8 Å². The third-order valence-electron chi connectivity index (χ3n) is 4.68. The molecule has 0 unspecified atom stereocenters. The molecular weight excluding hydrogens is 348 g/mol. The van der Waals surface area contributed by atoms with Crippen LogP contribution in [0.1, 0.15) is 6.92 Å². The van der Waals surface area contributed by atoms with Gasteiger partial charge in [-0.05, 0) is 13.0 Å². The van der Waals surface area contributed by atoms with Crippen molar-refractivity contribution in [3.8, 4) is 0 Å². The van der Waals surface area contributed by atoms with Crippen LogP contribution in [-0.4, -0.2) is 71.2 Å². The number of aryl methyl sites for hydroxylation is 1. The maximum absolute atomic E-state index is 12.5. The van der Waals surface area contributed by atoms with Gasteiger partial charge >= 0.3 is 0 Å². The molecule has 1 aliphatic heterocycles. The number of nitrogens with one attached hydrogen (secondary N) is 1.